The number of hydrogen-bond acceptors (Lipinski definition) is 6. The van der Waals surface area contributed by atoms with Crippen molar-refractivity contribution in [2.45, 2.75) is 74.5 Å². The molecule has 5 saturated carbocycles. The molecule has 5 fully saturated rings. The second kappa shape index (κ2) is 6.80. The maximum Gasteiger partial charge on any atom is 0.277 e. The van der Waals surface area contributed by atoms with E-state index in [1.165, 1.54) is 31.0 Å². The van der Waals surface area contributed by atoms with Crippen LogP contribution in [0.1, 0.15) is 69.6 Å². The van der Waals surface area contributed by atoms with Crippen molar-refractivity contribution in [1.82, 2.24) is 15.1 Å². The molecule has 1 amide bonds. The summed E-state index contributed by atoms with van der Waals surface area (Å²) in [6.45, 7) is 0.555. The van der Waals surface area contributed by atoms with Crippen LogP contribution in [-0.2, 0) is 4.79 Å². The minimum absolute atomic E-state index is 0.00272. The van der Waals surface area contributed by atoms with Gasteiger partial charge in [-0.25, -0.2) is 0 Å². The number of aromatic nitrogens is 2. The monoisotopic (exact) mass is 386 g/mol. The number of thioether (sulfide) groups is 1. The van der Waals surface area contributed by atoms with Crippen LogP contribution in [-0.4, -0.2) is 38.8 Å². The van der Waals surface area contributed by atoms with Crippen molar-refractivity contribution in [2.24, 2.45) is 17.8 Å². The van der Waals surface area contributed by atoms with E-state index in [-0.39, 0.29) is 11.4 Å². The first-order valence-corrected chi connectivity index (χ1v) is 11.3. The first-order chi connectivity index (χ1) is 13.1. The van der Waals surface area contributed by atoms with E-state index < -0.39 is 0 Å². The Balaban J connectivity index is 1.29. The van der Waals surface area contributed by atoms with Gasteiger partial charge in [0, 0.05) is 18.0 Å². The van der Waals surface area contributed by atoms with E-state index in [1.54, 1.807) is 0 Å². The lowest BCUT2D eigenvalue weighted by Gasteiger charge is -2.60. The van der Waals surface area contributed by atoms with Gasteiger partial charge in [-0.1, -0.05) is 11.8 Å². The van der Waals surface area contributed by atoms with Crippen LogP contribution in [0.2, 0.25) is 0 Å². The number of nitriles is 1. The fourth-order valence-electron chi connectivity index (χ4n) is 6.16. The highest BCUT2D eigenvalue weighted by Gasteiger charge is 2.54. The van der Waals surface area contributed by atoms with Gasteiger partial charge in [0.15, 0.2) is 0 Å². The van der Waals surface area contributed by atoms with E-state index in [0.29, 0.717) is 35.7 Å². The van der Waals surface area contributed by atoms with Gasteiger partial charge in [-0.3, -0.25) is 4.79 Å². The van der Waals surface area contributed by atoms with Crippen molar-refractivity contribution in [3.8, 4) is 6.07 Å². The molecule has 6 nitrogen and oxygen atoms in total. The van der Waals surface area contributed by atoms with Crippen LogP contribution < -0.4 is 0 Å². The molecular formula is C20H26N4O2S. The second-order valence-corrected chi connectivity index (χ2v) is 9.99. The van der Waals surface area contributed by atoms with Crippen molar-refractivity contribution in [1.29, 1.82) is 5.26 Å². The van der Waals surface area contributed by atoms with Gasteiger partial charge < -0.3 is 9.32 Å². The SMILES string of the molecule is N#CCCN(C(=O)CSc1nnc(C2CC2)o1)C12CC3CC(CC(C3)C1)C2. The Kier molecular flexibility index (Phi) is 4.42. The standard InChI is InChI=1S/C20H26N4O2S/c21-4-1-5-24(20-9-13-6-14(10-20)8-15(7-13)11-20)17(25)12-27-19-23-22-18(26-19)16-2-3-16/h13-16H,1-3,5-12H2. The minimum atomic E-state index is -0.00272. The first kappa shape index (κ1) is 17.5. The van der Waals surface area contributed by atoms with Gasteiger partial charge in [0.2, 0.25) is 11.8 Å². The second-order valence-electron chi connectivity index (χ2n) is 9.06. The van der Waals surface area contributed by atoms with E-state index >= 15 is 0 Å². The molecule has 0 aromatic carbocycles. The molecule has 0 unspecified atom stereocenters. The van der Waals surface area contributed by atoms with E-state index in [2.05, 4.69) is 21.2 Å². The topological polar surface area (TPSA) is 83.0 Å². The largest absolute Gasteiger partial charge is 0.416 e. The Morgan fingerprint density at radius 1 is 1.19 bits per heavy atom. The Labute approximate surface area is 164 Å². The van der Waals surface area contributed by atoms with Crippen LogP contribution in [0.25, 0.3) is 0 Å². The normalized spacial score (nSPS) is 33.8. The average Bonchev–Trinajstić information content (AvgIpc) is 3.37. The van der Waals surface area contributed by atoms with E-state index in [4.69, 9.17) is 9.68 Å². The molecule has 1 aromatic heterocycles. The third-order valence-corrected chi connectivity index (χ3v) is 7.80. The number of carbonyl (C=O) groups excluding carboxylic acids is 1. The van der Waals surface area contributed by atoms with Gasteiger partial charge in [-0.05, 0) is 69.1 Å². The molecule has 6 rings (SSSR count). The van der Waals surface area contributed by atoms with Gasteiger partial charge in [-0.15, -0.1) is 10.2 Å². The number of carbonyl (C=O) groups is 1. The zero-order valence-corrected chi connectivity index (χ0v) is 16.4. The fraction of sp³-hybridized carbons (Fsp3) is 0.800. The van der Waals surface area contributed by atoms with Gasteiger partial charge in [0.25, 0.3) is 5.22 Å². The molecule has 0 aliphatic heterocycles. The summed E-state index contributed by atoms with van der Waals surface area (Å²) in [6.07, 6.45) is 10.1. The lowest BCUT2D eigenvalue weighted by Crippen LogP contribution is -2.62. The molecule has 27 heavy (non-hydrogen) atoms. The third-order valence-electron chi connectivity index (χ3n) is 6.99. The Morgan fingerprint density at radius 2 is 1.85 bits per heavy atom. The molecule has 1 heterocycles. The quantitative estimate of drug-likeness (QED) is 0.664. The van der Waals surface area contributed by atoms with Crippen LogP contribution >= 0.6 is 11.8 Å². The van der Waals surface area contributed by atoms with Crippen molar-refractivity contribution in [3.05, 3.63) is 5.89 Å². The molecule has 5 aliphatic rings. The van der Waals surface area contributed by atoms with Gasteiger partial charge in [-0.2, -0.15) is 5.26 Å². The van der Waals surface area contributed by atoms with Crippen molar-refractivity contribution in [2.75, 3.05) is 12.3 Å². The summed E-state index contributed by atoms with van der Waals surface area (Å²) in [7, 11) is 0. The maximum absolute atomic E-state index is 13.2. The molecule has 0 radical (unpaired) electrons. The summed E-state index contributed by atoms with van der Waals surface area (Å²) in [5.41, 5.74) is -0.00272. The predicted octanol–water partition coefficient (Wildman–Crippen LogP) is 3.75. The lowest BCUT2D eigenvalue weighted by molar-refractivity contribution is -0.147. The Bertz CT molecular complexity index is 731. The minimum Gasteiger partial charge on any atom is -0.416 e. The van der Waals surface area contributed by atoms with Gasteiger partial charge in [0.1, 0.15) is 0 Å². The van der Waals surface area contributed by atoms with Crippen LogP contribution in [0.5, 0.6) is 0 Å². The lowest BCUT2D eigenvalue weighted by atomic mass is 9.52. The van der Waals surface area contributed by atoms with Crippen molar-refractivity contribution < 1.29 is 9.21 Å². The Morgan fingerprint density at radius 3 is 2.44 bits per heavy atom. The third kappa shape index (κ3) is 3.37. The summed E-state index contributed by atoms with van der Waals surface area (Å²) >= 11 is 1.35. The fourth-order valence-corrected chi connectivity index (χ4v) is 6.80. The smallest absolute Gasteiger partial charge is 0.277 e. The summed E-state index contributed by atoms with van der Waals surface area (Å²) < 4.78 is 5.69. The number of nitrogens with zero attached hydrogens (tertiary/aromatic N) is 4. The highest BCUT2D eigenvalue weighted by atomic mass is 32.2. The maximum atomic E-state index is 13.2. The van der Waals surface area contributed by atoms with E-state index in [9.17, 15) is 4.79 Å². The molecule has 1 aromatic rings. The molecule has 0 N–H and O–H groups in total. The molecule has 0 saturated heterocycles. The Hall–Kier alpha value is -1.55. The summed E-state index contributed by atoms with van der Waals surface area (Å²) in [5.74, 6) is 3.92. The molecule has 4 bridgehead atoms. The number of amides is 1. The van der Waals surface area contributed by atoms with Crippen LogP contribution in [0.4, 0.5) is 0 Å². The van der Waals surface area contributed by atoms with Crippen LogP contribution in [0.3, 0.4) is 0 Å². The molecule has 5 aliphatic carbocycles. The molecular weight excluding hydrogens is 360 g/mol. The van der Waals surface area contributed by atoms with Crippen LogP contribution in [0.15, 0.2) is 9.64 Å². The highest BCUT2D eigenvalue weighted by molar-refractivity contribution is 7.99. The van der Waals surface area contributed by atoms with Gasteiger partial charge >= 0.3 is 0 Å². The zero-order valence-electron chi connectivity index (χ0n) is 15.6. The van der Waals surface area contributed by atoms with E-state index in [0.717, 1.165) is 49.9 Å². The summed E-state index contributed by atoms with van der Waals surface area (Å²) in [5, 5.41) is 17.8. The average molecular weight is 387 g/mol. The highest BCUT2D eigenvalue weighted by Crippen LogP contribution is 2.58. The van der Waals surface area contributed by atoms with Crippen LogP contribution in [0, 0.1) is 29.1 Å². The number of rotatable bonds is 7. The molecule has 0 atom stereocenters. The molecule has 144 valence electrons. The molecule has 0 spiro atoms. The van der Waals surface area contributed by atoms with Gasteiger partial charge in [0.05, 0.1) is 18.2 Å². The summed E-state index contributed by atoms with van der Waals surface area (Å²) in [6, 6.07) is 2.24. The van der Waals surface area contributed by atoms with E-state index in [1.807, 2.05) is 0 Å². The number of hydrogen-bond donors (Lipinski definition) is 0. The predicted molar refractivity (Wildman–Crippen MR) is 99.8 cm³/mol. The summed E-state index contributed by atoms with van der Waals surface area (Å²) in [4.78, 5) is 15.3. The first-order valence-electron chi connectivity index (χ1n) is 10.3. The van der Waals surface area contributed by atoms with Crippen molar-refractivity contribution in [3.63, 3.8) is 0 Å². The zero-order chi connectivity index (χ0) is 18.4. The molecule has 7 heteroatoms. The van der Waals surface area contributed by atoms with Crippen molar-refractivity contribution >= 4 is 17.7 Å².